The molecule has 1 heterocycles. The first-order chi connectivity index (χ1) is 14.6. The van der Waals surface area contributed by atoms with Crippen LogP contribution in [-0.4, -0.2) is 55.2 Å². The lowest BCUT2D eigenvalue weighted by Crippen LogP contribution is -2.41. The molecule has 0 aliphatic rings. The van der Waals surface area contributed by atoms with Gasteiger partial charge in [-0.2, -0.15) is 0 Å². The Kier molecular flexibility index (Phi) is 8.04. The Labute approximate surface area is 182 Å². The molecule has 30 heavy (non-hydrogen) atoms. The zero-order valence-corrected chi connectivity index (χ0v) is 18.7. The van der Waals surface area contributed by atoms with Gasteiger partial charge in [-0.1, -0.05) is 43.4 Å². The number of likely N-dealkylation sites (N-methyl/N-ethyl adjacent to an activating group) is 1. The van der Waals surface area contributed by atoms with E-state index in [2.05, 4.69) is 18.7 Å². The fraction of sp³-hybridized carbons (Fsp3) is 0.391. The van der Waals surface area contributed by atoms with E-state index in [0.29, 0.717) is 24.0 Å². The molecule has 0 saturated heterocycles. The number of carbonyl (C=O) groups excluding carboxylic acids is 1. The average molecular weight is 428 g/mol. The van der Waals surface area contributed by atoms with Crippen molar-refractivity contribution < 1.29 is 14.3 Å². The highest BCUT2D eigenvalue weighted by atomic mass is 32.1. The highest BCUT2D eigenvalue weighted by molar-refractivity contribution is 7.22. The lowest BCUT2D eigenvalue weighted by Gasteiger charge is -2.24. The fourth-order valence-corrected chi connectivity index (χ4v) is 4.15. The number of fused-ring (bicyclic) bond motifs is 1. The van der Waals surface area contributed by atoms with Gasteiger partial charge in [0.05, 0.1) is 16.8 Å². The standard InChI is InChI=1S/C23H29N3O3S/c1-4-25(5-2)14-15-26(22(27)17-29-18-10-8-7-9-11-18)23-24-20-13-12-19(28-6-3)16-21(20)30-23/h7-13,16H,4-6,14-15,17H2,1-3H3. The molecule has 0 bridgehead atoms. The molecule has 0 spiro atoms. The number of amides is 1. The third-order valence-electron chi connectivity index (χ3n) is 4.83. The largest absolute Gasteiger partial charge is 0.494 e. The molecule has 6 nitrogen and oxygen atoms in total. The van der Waals surface area contributed by atoms with E-state index < -0.39 is 0 Å². The van der Waals surface area contributed by atoms with Crippen molar-refractivity contribution in [2.45, 2.75) is 20.8 Å². The molecule has 0 unspecified atom stereocenters. The van der Waals surface area contributed by atoms with Crippen molar-refractivity contribution in [2.24, 2.45) is 0 Å². The van der Waals surface area contributed by atoms with Gasteiger partial charge >= 0.3 is 0 Å². The number of carbonyl (C=O) groups is 1. The number of benzene rings is 2. The minimum absolute atomic E-state index is 0.0254. The normalized spacial score (nSPS) is 11.1. The van der Waals surface area contributed by atoms with E-state index in [4.69, 9.17) is 14.5 Å². The molecule has 0 radical (unpaired) electrons. The molecule has 0 fully saturated rings. The summed E-state index contributed by atoms with van der Waals surface area (Å²) in [6.45, 7) is 10.0. The van der Waals surface area contributed by atoms with Gasteiger partial charge in [-0.05, 0) is 50.3 Å². The summed E-state index contributed by atoms with van der Waals surface area (Å²) in [6.07, 6.45) is 0. The SMILES string of the molecule is CCOc1ccc2nc(N(CCN(CC)CC)C(=O)COc3ccccc3)sc2c1. The molecule has 0 aliphatic carbocycles. The van der Waals surface area contributed by atoms with Crippen molar-refractivity contribution in [1.29, 1.82) is 0 Å². The van der Waals surface area contributed by atoms with Crippen LogP contribution >= 0.6 is 11.3 Å². The molecule has 0 atom stereocenters. The number of hydrogen-bond acceptors (Lipinski definition) is 6. The van der Waals surface area contributed by atoms with E-state index in [9.17, 15) is 4.79 Å². The van der Waals surface area contributed by atoms with Crippen molar-refractivity contribution in [3.8, 4) is 11.5 Å². The zero-order chi connectivity index (χ0) is 21.3. The minimum atomic E-state index is -0.102. The molecule has 160 valence electrons. The number of anilines is 1. The van der Waals surface area contributed by atoms with Crippen molar-refractivity contribution in [2.75, 3.05) is 44.3 Å². The summed E-state index contributed by atoms with van der Waals surface area (Å²) in [7, 11) is 0. The number of ether oxygens (including phenoxy) is 2. The Morgan fingerprint density at radius 2 is 1.73 bits per heavy atom. The second-order valence-electron chi connectivity index (χ2n) is 6.73. The molecule has 0 saturated carbocycles. The fourth-order valence-electron chi connectivity index (χ4n) is 3.11. The second-order valence-corrected chi connectivity index (χ2v) is 7.74. The predicted molar refractivity (Wildman–Crippen MR) is 123 cm³/mol. The molecule has 1 amide bonds. The molecule has 0 N–H and O–H groups in total. The number of hydrogen-bond donors (Lipinski definition) is 0. The van der Waals surface area contributed by atoms with Crippen LogP contribution in [0.25, 0.3) is 10.2 Å². The van der Waals surface area contributed by atoms with E-state index >= 15 is 0 Å². The van der Waals surface area contributed by atoms with E-state index in [0.717, 1.165) is 35.6 Å². The molecule has 7 heteroatoms. The number of rotatable bonds is 11. The van der Waals surface area contributed by atoms with E-state index in [-0.39, 0.29) is 12.5 Å². The maximum absolute atomic E-state index is 13.1. The van der Waals surface area contributed by atoms with Crippen LogP contribution in [-0.2, 0) is 4.79 Å². The monoisotopic (exact) mass is 427 g/mol. The van der Waals surface area contributed by atoms with Crippen molar-refractivity contribution in [1.82, 2.24) is 9.88 Å². The van der Waals surface area contributed by atoms with Crippen LogP contribution in [0.2, 0.25) is 0 Å². The predicted octanol–water partition coefficient (Wildman–Crippen LogP) is 4.45. The van der Waals surface area contributed by atoms with Crippen LogP contribution in [0.15, 0.2) is 48.5 Å². The van der Waals surface area contributed by atoms with Gasteiger partial charge in [0, 0.05) is 13.1 Å². The lowest BCUT2D eigenvalue weighted by molar-refractivity contribution is -0.120. The van der Waals surface area contributed by atoms with Crippen LogP contribution in [0.1, 0.15) is 20.8 Å². The third-order valence-corrected chi connectivity index (χ3v) is 5.87. The Hall–Kier alpha value is -2.64. The first-order valence-corrected chi connectivity index (χ1v) is 11.2. The lowest BCUT2D eigenvalue weighted by atomic mass is 10.3. The van der Waals surface area contributed by atoms with E-state index in [1.807, 2.05) is 55.5 Å². The van der Waals surface area contributed by atoms with Crippen LogP contribution in [0.5, 0.6) is 11.5 Å². The summed E-state index contributed by atoms with van der Waals surface area (Å²) < 4.78 is 12.3. The summed E-state index contributed by atoms with van der Waals surface area (Å²) in [5.41, 5.74) is 0.864. The summed E-state index contributed by atoms with van der Waals surface area (Å²) in [5, 5.41) is 0.687. The van der Waals surface area contributed by atoms with Gasteiger partial charge in [-0.3, -0.25) is 9.69 Å². The summed E-state index contributed by atoms with van der Waals surface area (Å²) in [4.78, 5) is 21.8. The quantitative estimate of drug-likeness (QED) is 0.453. The van der Waals surface area contributed by atoms with Gasteiger partial charge in [0.1, 0.15) is 11.5 Å². The average Bonchev–Trinajstić information content (AvgIpc) is 3.19. The Morgan fingerprint density at radius 3 is 2.43 bits per heavy atom. The van der Waals surface area contributed by atoms with Crippen molar-refractivity contribution in [3.05, 3.63) is 48.5 Å². The molecule has 1 aromatic heterocycles. The summed E-state index contributed by atoms with van der Waals surface area (Å²) in [6, 6.07) is 15.2. The Balaban J connectivity index is 1.80. The third kappa shape index (κ3) is 5.70. The van der Waals surface area contributed by atoms with Crippen LogP contribution in [0, 0.1) is 0 Å². The molecule has 3 rings (SSSR count). The first kappa shape index (κ1) is 22.1. The van der Waals surface area contributed by atoms with Crippen LogP contribution in [0.3, 0.4) is 0 Å². The van der Waals surface area contributed by atoms with Gasteiger partial charge in [-0.25, -0.2) is 4.98 Å². The summed E-state index contributed by atoms with van der Waals surface area (Å²) in [5.74, 6) is 1.39. The Bertz CT molecular complexity index is 941. The smallest absolute Gasteiger partial charge is 0.266 e. The topological polar surface area (TPSA) is 54.9 Å². The van der Waals surface area contributed by atoms with Gasteiger partial charge in [0.25, 0.3) is 5.91 Å². The minimum Gasteiger partial charge on any atom is -0.494 e. The van der Waals surface area contributed by atoms with Crippen LogP contribution < -0.4 is 14.4 Å². The molecular formula is C23H29N3O3S. The maximum Gasteiger partial charge on any atom is 0.266 e. The van der Waals surface area contributed by atoms with Gasteiger partial charge in [-0.15, -0.1) is 0 Å². The molecule has 0 aliphatic heterocycles. The van der Waals surface area contributed by atoms with Crippen LogP contribution in [0.4, 0.5) is 5.13 Å². The maximum atomic E-state index is 13.1. The van der Waals surface area contributed by atoms with Crippen molar-refractivity contribution >= 4 is 32.6 Å². The highest BCUT2D eigenvalue weighted by Gasteiger charge is 2.21. The number of nitrogens with zero attached hydrogens (tertiary/aromatic N) is 3. The van der Waals surface area contributed by atoms with Gasteiger partial charge in [0.15, 0.2) is 11.7 Å². The van der Waals surface area contributed by atoms with Gasteiger partial charge < -0.3 is 14.4 Å². The number of thiazole rings is 1. The highest BCUT2D eigenvalue weighted by Crippen LogP contribution is 2.31. The summed E-state index contributed by atoms with van der Waals surface area (Å²) >= 11 is 1.50. The first-order valence-electron chi connectivity index (χ1n) is 10.4. The second kappa shape index (κ2) is 10.9. The molecule has 2 aromatic carbocycles. The molecular weight excluding hydrogens is 398 g/mol. The van der Waals surface area contributed by atoms with E-state index in [1.165, 1.54) is 11.3 Å². The zero-order valence-electron chi connectivity index (χ0n) is 17.8. The Morgan fingerprint density at radius 1 is 0.967 bits per heavy atom. The van der Waals surface area contributed by atoms with Crippen molar-refractivity contribution in [3.63, 3.8) is 0 Å². The van der Waals surface area contributed by atoms with E-state index in [1.54, 1.807) is 4.90 Å². The number of para-hydroxylation sites is 1. The number of aromatic nitrogens is 1. The van der Waals surface area contributed by atoms with Gasteiger partial charge in [0.2, 0.25) is 0 Å². The molecule has 3 aromatic rings.